The minimum absolute atomic E-state index is 0.0205. The zero-order valence-corrected chi connectivity index (χ0v) is 11.2. The lowest BCUT2D eigenvalue weighted by molar-refractivity contribution is 0.233. The van der Waals surface area contributed by atoms with E-state index in [0.29, 0.717) is 0 Å². The highest BCUT2D eigenvalue weighted by atomic mass is 32.1. The molecule has 1 aliphatic rings. The fourth-order valence-corrected chi connectivity index (χ4v) is 3.09. The van der Waals surface area contributed by atoms with Gasteiger partial charge in [0.1, 0.15) is 0 Å². The van der Waals surface area contributed by atoms with Crippen molar-refractivity contribution in [3.8, 4) is 0 Å². The number of thiazole rings is 1. The summed E-state index contributed by atoms with van der Waals surface area (Å²) < 4.78 is 0. The lowest BCUT2D eigenvalue weighted by Crippen LogP contribution is -2.48. The first-order valence-corrected chi connectivity index (χ1v) is 6.73. The van der Waals surface area contributed by atoms with Crippen LogP contribution in [0.2, 0.25) is 0 Å². The minimum atomic E-state index is -0.0205. The van der Waals surface area contributed by atoms with Crippen LogP contribution in [0.3, 0.4) is 0 Å². The van der Waals surface area contributed by atoms with Gasteiger partial charge in [0.05, 0.1) is 11.2 Å². The van der Waals surface area contributed by atoms with Crippen molar-refractivity contribution < 1.29 is 0 Å². The highest BCUT2D eigenvalue weighted by molar-refractivity contribution is 7.09. The molecule has 1 saturated carbocycles. The summed E-state index contributed by atoms with van der Waals surface area (Å²) in [6.45, 7) is 6.19. The van der Waals surface area contributed by atoms with Crippen LogP contribution < -0.4 is 5.73 Å². The Kier molecular flexibility index (Phi) is 3.33. The number of aryl methyl sites for hydroxylation is 1. The van der Waals surface area contributed by atoms with Crippen LogP contribution in [-0.4, -0.2) is 29.0 Å². The molecule has 0 aromatic carbocycles. The van der Waals surface area contributed by atoms with E-state index in [4.69, 9.17) is 5.73 Å². The number of hydrogen-bond acceptors (Lipinski definition) is 4. The summed E-state index contributed by atoms with van der Waals surface area (Å²) in [4.78, 5) is 7.95. The molecule has 3 nitrogen and oxygen atoms in total. The second-order valence-electron chi connectivity index (χ2n) is 5.31. The van der Waals surface area contributed by atoms with Gasteiger partial charge in [0.2, 0.25) is 0 Å². The van der Waals surface area contributed by atoms with E-state index in [2.05, 4.69) is 30.8 Å². The van der Waals surface area contributed by atoms with Gasteiger partial charge in [0.15, 0.2) is 0 Å². The Hall–Kier alpha value is -0.450. The predicted molar refractivity (Wildman–Crippen MR) is 68.5 cm³/mol. The summed E-state index contributed by atoms with van der Waals surface area (Å²) in [5.41, 5.74) is 9.39. The molecule has 0 aliphatic heterocycles. The van der Waals surface area contributed by atoms with E-state index in [1.165, 1.54) is 17.7 Å². The third-order valence-electron chi connectivity index (χ3n) is 3.38. The highest BCUT2D eigenvalue weighted by Gasteiger charge is 2.38. The molecule has 0 radical (unpaired) electrons. The van der Waals surface area contributed by atoms with Crippen LogP contribution >= 0.6 is 11.3 Å². The van der Waals surface area contributed by atoms with Gasteiger partial charge in [-0.2, -0.15) is 0 Å². The smallest absolute Gasteiger partial charge is 0.0798 e. The van der Waals surface area contributed by atoms with E-state index < -0.39 is 0 Å². The zero-order valence-electron chi connectivity index (χ0n) is 10.4. The standard InChI is InChI=1S/C12H21N3S/c1-9-11(16-8-14-9)6-15(3)7-12(2,13)10-4-5-10/h8,10H,4-7,13H2,1-3H3. The van der Waals surface area contributed by atoms with Gasteiger partial charge < -0.3 is 5.73 Å². The Bertz CT molecular complexity index is 355. The molecular weight excluding hydrogens is 218 g/mol. The first-order chi connectivity index (χ1) is 7.49. The molecule has 1 heterocycles. The van der Waals surface area contributed by atoms with Crippen LogP contribution in [0.4, 0.5) is 0 Å². The topological polar surface area (TPSA) is 42.2 Å². The van der Waals surface area contributed by atoms with Gasteiger partial charge in [0, 0.05) is 23.5 Å². The van der Waals surface area contributed by atoms with Crippen molar-refractivity contribution in [3.63, 3.8) is 0 Å². The molecule has 1 aromatic rings. The SMILES string of the molecule is Cc1ncsc1CN(C)CC(C)(N)C1CC1. The quantitative estimate of drug-likeness (QED) is 0.854. The molecule has 0 bridgehead atoms. The molecule has 2 N–H and O–H groups in total. The molecule has 2 rings (SSSR count). The van der Waals surface area contributed by atoms with Crippen molar-refractivity contribution in [1.82, 2.24) is 9.88 Å². The molecule has 0 spiro atoms. The Morgan fingerprint density at radius 1 is 1.62 bits per heavy atom. The summed E-state index contributed by atoms with van der Waals surface area (Å²) in [6, 6.07) is 0. The summed E-state index contributed by atoms with van der Waals surface area (Å²) in [5.74, 6) is 0.734. The first kappa shape index (κ1) is 12.0. The van der Waals surface area contributed by atoms with Crippen LogP contribution in [0, 0.1) is 12.8 Å². The monoisotopic (exact) mass is 239 g/mol. The summed E-state index contributed by atoms with van der Waals surface area (Å²) in [7, 11) is 2.15. The second kappa shape index (κ2) is 4.43. The average Bonchev–Trinajstić information content (AvgIpc) is 2.94. The van der Waals surface area contributed by atoms with E-state index in [0.717, 1.165) is 24.7 Å². The number of rotatable bonds is 5. The molecule has 0 saturated heterocycles. The molecule has 16 heavy (non-hydrogen) atoms. The van der Waals surface area contributed by atoms with Gasteiger partial charge in [-0.15, -0.1) is 11.3 Å². The summed E-state index contributed by atoms with van der Waals surface area (Å²) in [6.07, 6.45) is 2.61. The lowest BCUT2D eigenvalue weighted by Gasteiger charge is -2.30. The van der Waals surface area contributed by atoms with Crippen LogP contribution in [0.5, 0.6) is 0 Å². The van der Waals surface area contributed by atoms with Gasteiger partial charge >= 0.3 is 0 Å². The van der Waals surface area contributed by atoms with Gasteiger partial charge in [-0.25, -0.2) is 4.98 Å². The molecule has 4 heteroatoms. The zero-order chi connectivity index (χ0) is 11.8. The van der Waals surface area contributed by atoms with Gasteiger partial charge in [-0.1, -0.05) is 0 Å². The van der Waals surface area contributed by atoms with Gasteiger partial charge in [-0.3, -0.25) is 4.90 Å². The predicted octanol–water partition coefficient (Wildman–Crippen LogP) is 2.01. The fraction of sp³-hybridized carbons (Fsp3) is 0.750. The third kappa shape index (κ3) is 2.81. The maximum absolute atomic E-state index is 6.34. The largest absolute Gasteiger partial charge is 0.324 e. The third-order valence-corrected chi connectivity index (χ3v) is 4.30. The van der Waals surface area contributed by atoms with Crippen molar-refractivity contribution >= 4 is 11.3 Å². The average molecular weight is 239 g/mol. The molecule has 1 atom stereocenters. The Balaban J connectivity index is 1.88. The Labute approximate surface area is 102 Å². The normalized spacial score (nSPS) is 20.1. The molecule has 1 aliphatic carbocycles. The molecule has 0 amide bonds. The molecule has 1 fully saturated rings. The Morgan fingerprint density at radius 2 is 2.31 bits per heavy atom. The number of nitrogens with two attached hydrogens (primary N) is 1. The number of nitrogens with zero attached hydrogens (tertiary/aromatic N) is 2. The van der Waals surface area contributed by atoms with E-state index >= 15 is 0 Å². The van der Waals surface area contributed by atoms with E-state index in [1.807, 2.05) is 5.51 Å². The summed E-state index contributed by atoms with van der Waals surface area (Å²) in [5, 5.41) is 0. The highest BCUT2D eigenvalue weighted by Crippen LogP contribution is 2.38. The van der Waals surface area contributed by atoms with Crippen molar-refractivity contribution in [2.24, 2.45) is 11.7 Å². The van der Waals surface area contributed by atoms with Crippen molar-refractivity contribution in [2.45, 2.75) is 38.8 Å². The van der Waals surface area contributed by atoms with Crippen molar-refractivity contribution in [3.05, 3.63) is 16.1 Å². The van der Waals surface area contributed by atoms with Crippen LogP contribution in [0.15, 0.2) is 5.51 Å². The number of aromatic nitrogens is 1. The van der Waals surface area contributed by atoms with Crippen LogP contribution in [-0.2, 0) is 6.54 Å². The number of hydrogen-bond donors (Lipinski definition) is 1. The lowest BCUT2D eigenvalue weighted by atomic mass is 9.97. The fourth-order valence-electron chi connectivity index (χ4n) is 2.23. The maximum atomic E-state index is 6.34. The van der Waals surface area contributed by atoms with Crippen molar-refractivity contribution in [2.75, 3.05) is 13.6 Å². The molecule has 1 unspecified atom stereocenters. The van der Waals surface area contributed by atoms with Gasteiger partial charge in [0.25, 0.3) is 0 Å². The van der Waals surface area contributed by atoms with Crippen LogP contribution in [0.25, 0.3) is 0 Å². The van der Waals surface area contributed by atoms with Crippen LogP contribution in [0.1, 0.15) is 30.3 Å². The minimum Gasteiger partial charge on any atom is -0.324 e. The van der Waals surface area contributed by atoms with Crippen molar-refractivity contribution in [1.29, 1.82) is 0 Å². The van der Waals surface area contributed by atoms with E-state index in [9.17, 15) is 0 Å². The Morgan fingerprint density at radius 3 is 2.81 bits per heavy atom. The first-order valence-electron chi connectivity index (χ1n) is 5.85. The maximum Gasteiger partial charge on any atom is 0.0798 e. The van der Waals surface area contributed by atoms with E-state index in [-0.39, 0.29) is 5.54 Å². The molecular formula is C12H21N3S. The van der Waals surface area contributed by atoms with E-state index in [1.54, 1.807) is 11.3 Å². The molecule has 90 valence electrons. The number of likely N-dealkylation sites (N-methyl/N-ethyl adjacent to an activating group) is 1. The van der Waals surface area contributed by atoms with Gasteiger partial charge in [-0.05, 0) is 39.7 Å². The summed E-state index contributed by atoms with van der Waals surface area (Å²) >= 11 is 1.73. The molecule has 1 aromatic heterocycles. The second-order valence-corrected chi connectivity index (χ2v) is 6.25.